The van der Waals surface area contributed by atoms with Crippen molar-refractivity contribution in [2.24, 2.45) is 11.8 Å². The number of rotatable bonds is 6. The molecule has 2 nitrogen and oxygen atoms in total. The third kappa shape index (κ3) is 4.05. The van der Waals surface area contributed by atoms with Gasteiger partial charge in [-0.2, -0.15) is 0 Å². The van der Waals surface area contributed by atoms with E-state index in [1.165, 1.54) is 5.56 Å². The van der Waals surface area contributed by atoms with E-state index in [0.29, 0.717) is 11.8 Å². The van der Waals surface area contributed by atoms with E-state index in [9.17, 15) is 5.11 Å². The van der Waals surface area contributed by atoms with Gasteiger partial charge in [0.25, 0.3) is 0 Å². The van der Waals surface area contributed by atoms with Crippen LogP contribution in [0.2, 0.25) is 0 Å². The summed E-state index contributed by atoms with van der Waals surface area (Å²) in [6, 6.07) is 8.27. The second-order valence-corrected chi connectivity index (χ2v) is 6.03. The normalized spacial score (nSPS) is 22.5. The van der Waals surface area contributed by atoms with Crippen LogP contribution in [-0.4, -0.2) is 18.3 Å². The number of fused-ring (bicyclic) bond motifs is 1. The van der Waals surface area contributed by atoms with Crippen LogP contribution in [0.3, 0.4) is 0 Å². The number of ether oxygens (including phenoxy) is 1. The summed E-state index contributed by atoms with van der Waals surface area (Å²) in [6.45, 7) is 6.05. The van der Waals surface area contributed by atoms with Crippen molar-refractivity contribution in [1.29, 1.82) is 0 Å². The van der Waals surface area contributed by atoms with Crippen molar-refractivity contribution < 1.29 is 9.84 Å². The maximum atomic E-state index is 10.4. The molecular weight excluding hydrogens is 236 g/mol. The molecule has 0 aromatic heterocycles. The zero-order chi connectivity index (χ0) is 13.7. The highest BCUT2D eigenvalue weighted by molar-refractivity contribution is 5.31. The predicted molar refractivity (Wildman–Crippen MR) is 78.1 cm³/mol. The Labute approximate surface area is 116 Å². The molecule has 1 aliphatic rings. The summed E-state index contributed by atoms with van der Waals surface area (Å²) < 4.78 is 5.67. The Bertz CT molecular complexity index is 387. The highest BCUT2D eigenvalue weighted by Crippen LogP contribution is 2.35. The molecule has 106 valence electrons. The van der Waals surface area contributed by atoms with Gasteiger partial charge in [-0.1, -0.05) is 38.1 Å². The first kappa shape index (κ1) is 14.5. The minimum absolute atomic E-state index is 0.307. The summed E-state index contributed by atoms with van der Waals surface area (Å²) >= 11 is 0. The van der Waals surface area contributed by atoms with Crippen molar-refractivity contribution in [3.8, 4) is 0 Å². The van der Waals surface area contributed by atoms with Gasteiger partial charge in [0.1, 0.15) is 0 Å². The lowest BCUT2D eigenvalue weighted by Crippen LogP contribution is -2.22. The summed E-state index contributed by atoms with van der Waals surface area (Å²) in [6.07, 6.45) is 3.94. The first-order valence-corrected chi connectivity index (χ1v) is 7.52. The summed E-state index contributed by atoms with van der Waals surface area (Å²) in [5.41, 5.74) is 2.44. The van der Waals surface area contributed by atoms with E-state index in [1.54, 1.807) is 0 Å². The van der Waals surface area contributed by atoms with Crippen LogP contribution in [0.1, 0.15) is 50.3 Å². The molecular formula is C17H26O2. The summed E-state index contributed by atoms with van der Waals surface area (Å²) in [5, 5.41) is 10.4. The van der Waals surface area contributed by atoms with Gasteiger partial charge >= 0.3 is 0 Å². The highest BCUT2D eigenvalue weighted by Gasteiger charge is 2.27. The topological polar surface area (TPSA) is 29.5 Å². The Kier molecular flexibility index (Phi) is 5.41. The van der Waals surface area contributed by atoms with Crippen LogP contribution in [0.5, 0.6) is 0 Å². The molecule has 0 heterocycles. The molecule has 2 heteroatoms. The van der Waals surface area contributed by atoms with Crippen LogP contribution in [0, 0.1) is 11.8 Å². The van der Waals surface area contributed by atoms with Crippen LogP contribution < -0.4 is 0 Å². The smallest absolute Gasteiger partial charge is 0.0821 e. The van der Waals surface area contributed by atoms with E-state index in [-0.39, 0.29) is 6.10 Å². The van der Waals surface area contributed by atoms with Gasteiger partial charge in [-0.3, -0.25) is 0 Å². The van der Waals surface area contributed by atoms with Gasteiger partial charge in [0.2, 0.25) is 0 Å². The van der Waals surface area contributed by atoms with Crippen LogP contribution in [-0.2, 0) is 11.2 Å². The maximum Gasteiger partial charge on any atom is 0.0821 e. The quantitative estimate of drug-likeness (QED) is 0.791. The van der Waals surface area contributed by atoms with Gasteiger partial charge in [0.05, 0.1) is 6.10 Å². The molecule has 1 N–H and O–H groups in total. The molecule has 0 bridgehead atoms. The van der Waals surface area contributed by atoms with Gasteiger partial charge in [0, 0.05) is 13.2 Å². The molecule has 0 amide bonds. The molecule has 0 saturated heterocycles. The van der Waals surface area contributed by atoms with Crippen molar-refractivity contribution in [1.82, 2.24) is 0 Å². The second-order valence-electron chi connectivity index (χ2n) is 6.03. The van der Waals surface area contributed by atoms with Gasteiger partial charge in [-0.15, -0.1) is 0 Å². The predicted octanol–water partition coefficient (Wildman–Crippen LogP) is 3.74. The van der Waals surface area contributed by atoms with E-state index < -0.39 is 0 Å². The molecule has 0 spiro atoms. The fourth-order valence-corrected chi connectivity index (χ4v) is 2.76. The third-order valence-corrected chi connectivity index (χ3v) is 4.08. The average Bonchev–Trinajstić information content (AvgIpc) is 2.41. The van der Waals surface area contributed by atoms with Gasteiger partial charge in [-0.05, 0) is 48.6 Å². The molecule has 19 heavy (non-hydrogen) atoms. The van der Waals surface area contributed by atoms with Crippen LogP contribution in [0.15, 0.2) is 24.3 Å². The monoisotopic (exact) mass is 262 g/mol. The van der Waals surface area contributed by atoms with Crippen molar-refractivity contribution >= 4 is 0 Å². The minimum Gasteiger partial charge on any atom is -0.388 e. The number of aliphatic hydroxyl groups is 1. The highest BCUT2D eigenvalue weighted by atomic mass is 16.5. The Morgan fingerprint density at radius 2 is 2.05 bits per heavy atom. The summed E-state index contributed by atoms with van der Waals surface area (Å²) in [5.74, 6) is 1.06. The molecule has 1 aromatic rings. The average molecular weight is 262 g/mol. The van der Waals surface area contributed by atoms with E-state index >= 15 is 0 Å². The Morgan fingerprint density at radius 1 is 1.26 bits per heavy atom. The zero-order valence-electron chi connectivity index (χ0n) is 12.1. The standard InChI is InChI=1S/C17H26O2/c1-13(2)9-11-19-12-10-15-8-7-14-5-3-4-6-16(14)17(15)18/h3-6,13,15,17-18H,7-12H2,1-2H3. The van der Waals surface area contributed by atoms with Crippen molar-refractivity contribution in [2.75, 3.05) is 13.2 Å². The van der Waals surface area contributed by atoms with Crippen molar-refractivity contribution in [3.05, 3.63) is 35.4 Å². The summed E-state index contributed by atoms with van der Waals surface area (Å²) in [4.78, 5) is 0. The summed E-state index contributed by atoms with van der Waals surface area (Å²) in [7, 11) is 0. The molecule has 1 aliphatic carbocycles. The van der Waals surface area contributed by atoms with Crippen LogP contribution in [0.25, 0.3) is 0 Å². The first-order valence-electron chi connectivity index (χ1n) is 7.52. The molecule has 0 radical (unpaired) electrons. The second kappa shape index (κ2) is 7.06. The van der Waals surface area contributed by atoms with Gasteiger partial charge in [0.15, 0.2) is 0 Å². The largest absolute Gasteiger partial charge is 0.388 e. The Morgan fingerprint density at radius 3 is 2.84 bits per heavy atom. The van der Waals surface area contributed by atoms with E-state index in [1.807, 2.05) is 6.07 Å². The lowest BCUT2D eigenvalue weighted by molar-refractivity contribution is 0.0526. The first-order chi connectivity index (χ1) is 9.18. The molecule has 0 saturated carbocycles. The van der Waals surface area contributed by atoms with Crippen LogP contribution >= 0.6 is 0 Å². The minimum atomic E-state index is -0.307. The van der Waals surface area contributed by atoms with Crippen molar-refractivity contribution in [2.45, 2.75) is 45.6 Å². The number of aliphatic hydroxyl groups excluding tert-OH is 1. The fourth-order valence-electron chi connectivity index (χ4n) is 2.76. The Hall–Kier alpha value is -0.860. The number of hydrogen-bond acceptors (Lipinski definition) is 2. The SMILES string of the molecule is CC(C)CCOCCC1CCc2ccccc2C1O. The number of benzene rings is 1. The molecule has 0 fully saturated rings. The molecule has 2 rings (SSSR count). The fraction of sp³-hybridized carbons (Fsp3) is 0.647. The number of aryl methyl sites for hydroxylation is 1. The molecule has 2 atom stereocenters. The Balaban J connectivity index is 1.77. The lowest BCUT2D eigenvalue weighted by Gasteiger charge is -2.30. The molecule has 2 unspecified atom stereocenters. The maximum absolute atomic E-state index is 10.4. The van der Waals surface area contributed by atoms with Gasteiger partial charge < -0.3 is 9.84 Å². The van der Waals surface area contributed by atoms with Crippen molar-refractivity contribution in [3.63, 3.8) is 0 Å². The lowest BCUT2D eigenvalue weighted by atomic mass is 9.80. The molecule has 1 aromatic carbocycles. The zero-order valence-corrected chi connectivity index (χ0v) is 12.1. The van der Waals surface area contributed by atoms with E-state index in [0.717, 1.165) is 44.5 Å². The van der Waals surface area contributed by atoms with Crippen LogP contribution in [0.4, 0.5) is 0 Å². The van der Waals surface area contributed by atoms with E-state index in [2.05, 4.69) is 32.0 Å². The van der Waals surface area contributed by atoms with Gasteiger partial charge in [-0.25, -0.2) is 0 Å². The number of hydrogen-bond donors (Lipinski definition) is 1. The molecule has 0 aliphatic heterocycles. The van der Waals surface area contributed by atoms with E-state index in [4.69, 9.17) is 4.74 Å². The third-order valence-electron chi connectivity index (χ3n) is 4.08.